The molecule has 2 aromatic carbocycles. The van der Waals surface area contributed by atoms with E-state index >= 15 is 0 Å². The van der Waals surface area contributed by atoms with E-state index in [0.29, 0.717) is 4.43 Å². The van der Waals surface area contributed by atoms with E-state index in [9.17, 15) is 4.79 Å². The predicted molar refractivity (Wildman–Crippen MR) is 85.2 cm³/mol. The molecule has 0 spiro atoms. The van der Waals surface area contributed by atoms with E-state index in [4.69, 9.17) is 4.74 Å². The number of ether oxygens (including phenoxy) is 1. The third-order valence-electron chi connectivity index (χ3n) is 2.52. The lowest BCUT2D eigenvalue weighted by Crippen LogP contribution is -2.11. The topological polar surface area (TPSA) is 38.3 Å². The average Bonchev–Trinajstić information content (AvgIpc) is 2.43. The van der Waals surface area contributed by atoms with Crippen LogP contribution in [0.3, 0.4) is 0 Å². The molecule has 19 heavy (non-hydrogen) atoms. The first kappa shape index (κ1) is 13.9. The zero-order valence-electron chi connectivity index (χ0n) is 10.5. The lowest BCUT2D eigenvalue weighted by Gasteiger charge is -2.07. The van der Waals surface area contributed by atoms with Gasteiger partial charge in [0.25, 0.3) is 0 Å². The highest BCUT2D eigenvalue weighted by Gasteiger charge is 2.01. The maximum Gasteiger partial charge on any atom is 0.234 e. The molecule has 0 aliphatic rings. The van der Waals surface area contributed by atoms with E-state index in [1.807, 2.05) is 78.0 Å². The van der Waals surface area contributed by atoms with Crippen LogP contribution in [-0.4, -0.2) is 10.3 Å². The first-order valence-corrected chi connectivity index (χ1v) is 7.40. The number of hydrogen-bond donors (Lipinski definition) is 1. The summed E-state index contributed by atoms with van der Waals surface area (Å²) in [6.07, 6.45) is 0. The van der Waals surface area contributed by atoms with E-state index in [1.165, 1.54) is 5.56 Å². The summed E-state index contributed by atoms with van der Waals surface area (Å²) in [6.45, 7) is 2.04. The van der Waals surface area contributed by atoms with Gasteiger partial charge < -0.3 is 10.1 Å². The standard InChI is InChI=1S/C15H14INO2/c1-11-2-6-13(7-3-11)19-14-8-4-12(5-9-14)17-15(18)10-16/h2-9H,10H2,1H3,(H,17,18). The van der Waals surface area contributed by atoms with Gasteiger partial charge in [0.1, 0.15) is 11.5 Å². The third-order valence-corrected chi connectivity index (χ3v) is 3.21. The van der Waals surface area contributed by atoms with Gasteiger partial charge in [-0.15, -0.1) is 0 Å². The summed E-state index contributed by atoms with van der Waals surface area (Å²) >= 11 is 2.03. The summed E-state index contributed by atoms with van der Waals surface area (Å²) in [4.78, 5) is 11.2. The largest absolute Gasteiger partial charge is 0.457 e. The van der Waals surface area contributed by atoms with E-state index in [-0.39, 0.29) is 5.91 Å². The normalized spacial score (nSPS) is 10.0. The molecule has 0 heterocycles. The van der Waals surface area contributed by atoms with Crippen molar-refractivity contribution in [2.24, 2.45) is 0 Å². The van der Waals surface area contributed by atoms with Gasteiger partial charge in [-0.2, -0.15) is 0 Å². The van der Waals surface area contributed by atoms with Crippen LogP contribution in [0.25, 0.3) is 0 Å². The summed E-state index contributed by atoms with van der Waals surface area (Å²) in [7, 11) is 0. The first-order chi connectivity index (χ1) is 9.17. The number of anilines is 1. The van der Waals surface area contributed by atoms with Crippen molar-refractivity contribution < 1.29 is 9.53 Å². The van der Waals surface area contributed by atoms with Crippen molar-refractivity contribution in [2.45, 2.75) is 6.92 Å². The van der Waals surface area contributed by atoms with Gasteiger partial charge in [0, 0.05) is 5.69 Å². The number of halogens is 1. The second-order valence-electron chi connectivity index (χ2n) is 4.12. The molecule has 0 unspecified atom stereocenters. The lowest BCUT2D eigenvalue weighted by atomic mass is 10.2. The van der Waals surface area contributed by atoms with Crippen molar-refractivity contribution >= 4 is 34.2 Å². The fourth-order valence-corrected chi connectivity index (χ4v) is 1.73. The Bertz CT molecular complexity index is 549. The number of carbonyl (C=O) groups excluding carboxylic acids is 1. The number of benzene rings is 2. The predicted octanol–water partition coefficient (Wildman–Crippen LogP) is 4.16. The molecule has 2 rings (SSSR count). The zero-order chi connectivity index (χ0) is 13.7. The third kappa shape index (κ3) is 4.24. The second kappa shape index (κ2) is 6.56. The number of hydrogen-bond acceptors (Lipinski definition) is 2. The van der Waals surface area contributed by atoms with Crippen LogP contribution in [0.2, 0.25) is 0 Å². The van der Waals surface area contributed by atoms with Gasteiger partial charge >= 0.3 is 0 Å². The van der Waals surface area contributed by atoms with Crippen LogP contribution in [0.1, 0.15) is 5.56 Å². The van der Waals surface area contributed by atoms with Gasteiger partial charge in [-0.3, -0.25) is 4.79 Å². The Morgan fingerprint density at radius 1 is 1.05 bits per heavy atom. The number of alkyl halides is 1. The number of amides is 1. The summed E-state index contributed by atoms with van der Waals surface area (Å²) in [5, 5.41) is 2.79. The second-order valence-corrected chi connectivity index (χ2v) is 4.88. The Kier molecular flexibility index (Phi) is 4.79. The molecule has 0 radical (unpaired) electrons. The molecule has 0 saturated heterocycles. The maximum atomic E-state index is 11.2. The van der Waals surface area contributed by atoms with Crippen LogP contribution in [0.4, 0.5) is 5.69 Å². The molecular formula is C15H14INO2. The summed E-state index contributed by atoms with van der Waals surface area (Å²) in [6, 6.07) is 15.2. The molecule has 3 nitrogen and oxygen atoms in total. The highest BCUT2D eigenvalue weighted by Crippen LogP contribution is 2.23. The Hall–Kier alpha value is -1.56. The number of aryl methyl sites for hydroxylation is 1. The Balaban J connectivity index is 2.02. The minimum absolute atomic E-state index is 0.00666. The maximum absolute atomic E-state index is 11.2. The van der Waals surface area contributed by atoms with Crippen molar-refractivity contribution in [2.75, 3.05) is 9.74 Å². The molecular weight excluding hydrogens is 353 g/mol. The molecule has 0 saturated carbocycles. The van der Waals surface area contributed by atoms with Crippen molar-refractivity contribution in [1.29, 1.82) is 0 Å². The summed E-state index contributed by atoms with van der Waals surface area (Å²) < 4.78 is 6.15. The first-order valence-electron chi connectivity index (χ1n) is 5.88. The molecule has 1 amide bonds. The molecule has 2 aromatic rings. The van der Waals surface area contributed by atoms with Crippen LogP contribution in [0, 0.1) is 6.92 Å². The van der Waals surface area contributed by atoms with Crippen molar-refractivity contribution in [3.63, 3.8) is 0 Å². The van der Waals surface area contributed by atoms with Crippen LogP contribution in [-0.2, 0) is 4.79 Å². The smallest absolute Gasteiger partial charge is 0.234 e. The molecule has 0 aromatic heterocycles. The van der Waals surface area contributed by atoms with E-state index in [1.54, 1.807) is 0 Å². The van der Waals surface area contributed by atoms with Crippen LogP contribution < -0.4 is 10.1 Å². The fourth-order valence-electron chi connectivity index (χ4n) is 1.54. The molecule has 0 fully saturated rings. The van der Waals surface area contributed by atoms with Gasteiger partial charge in [0.2, 0.25) is 5.91 Å². The van der Waals surface area contributed by atoms with Crippen molar-refractivity contribution in [1.82, 2.24) is 0 Å². The molecule has 0 bridgehead atoms. The van der Waals surface area contributed by atoms with Crippen molar-refractivity contribution in [3.8, 4) is 11.5 Å². The number of carbonyl (C=O) groups is 1. The number of rotatable bonds is 4. The molecule has 0 aliphatic heterocycles. The molecule has 1 N–H and O–H groups in total. The van der Waals surface area contributed by atoms with Crippen LogP contribution >= 0.6 is 22.6 Å². The fraction of sp³-hybridized carbons (Fsp3) is 0.133. The van der Waals surface area contributed by atoms with E-state index < -0.39 is 0 Å². The highest BCUT2D eigenvalue weighted by atomic mass is 127. The van der Waals surface area contributed by atoms with Gasteiger partial charge in [0.15, 0.2) is 0 Å². The van der Waals surface area contributed by atoms with Gasteiger partial charge in [-0.05, 0) is 43.3 Å². The lowest BCUT2D eigenvalue weighted by molar-refractivity contribution is -0.113. The SMILES string of the molecule is Cc1ccc(Oc2ccc(NC(=O)CI)cc2)cc1. The summed E-state index contributed by atoms with van der Waals surface area (Å²) in [5.41, 5.74) is 1.97. The minimum atomic E-state index is -0.00666. The molecule has 0 aliphatic carbocycles. The minimum Gasteiger partial charge on any atom is -0.457 e. The molecule has 4 heteroatoms. The number of nitrogens with one attached hydrogen (secondary N) is 1. The Morgan fingerprint density at radius 3 is 2.11 bits per heavy atom. The van der Waals surface area contributed by atoms with Crippen LogP contribution in [0.15, 0.2) is 48.5 Å². The summed E-state index contributed by atoms with van der Waals surface area (Å²) in [5.74, 6) is 1.54. The Morgan fingerprint density at radius 2 is 1.58 bits per heavy atom. The highest BCUT2D eigenvalue weighted by molar-refractivity contribution is 14.1. The monoisotopic (exact) mass is 367 g/mol. The molecule has 98 valence electrons. The quantitative estimate of drug-likeness (QED) is 0.651. The van der Waals surface area contributed by atoms with E-state index in [0.717, 1.165) is 17.2 Å². The van der Waals surface area contributed by atoms with Gasteiger partial charge in [-0.25, -0.2) is 0 Å². The van der Waals surface area contributed by atoms with E-state index in [2.05, 4.69) is 5.32 Å². The Labute approximate surface area is 126 Å². The van der Waals surface area contributed by atoms with Gasteiger partial charge in [-0.1, -0.05) is 40.3 Å². The van der Waals surface area contributed by atoms with Gasteiger partial charge in [0.05, 0.1) is 4.43 Å². The average molecular weight is 367 g/mol. The van der Waals surface area contributed by atoms with Crippen LogP contribution in [0.5, 0.6) is 11.5 Å². The molecule has 0 atom stereocenters. The zero-order valence-corrected chi connectivity index (χ0v) is 12.7. The van der Waals surface area contributed by atoms with Crippen molar-refractivity contribution in [3.05, 3.63) is 54.1 Å².